The van der Waals surface area contributed by atoms with Gasteiger partial charge in [0, 0.05) is 6.20 Å². The first kappa shape index (κ1) is 7.81. The van der Waals surface area contributed by atoms with Crippen LogP contribution < -0.4 is 11.5 Å². The van der Waals surface area contributed by atoms with Crippen LogP contribution in [0.2, 0.25) is 5.02 Å². The lowest BCUT2D eigenvalue weighted by atomic mass is 10.3. The minimum atomic E-state index is -0.678. The number of pyridine rings is 1. The number of nitrogens with zero attached hydrogens (tertiary/aromatic N) is 1. The number of nitrogen functional groups attached to an aromatic ring is 1. The highest BCUT2D eigenvalue weighted by atomic mass is 35.5. The van der Waals surface area contributed by atoms with E-state index in [0.29, 0.717) is 5.69 Å². The van der Waals surface area contributed by atoms with E-state index < -0.39 is 5.91 Å². The third kappa shape index (κ3) is 1.40. The van der Waals surface area contributed by atoms with Crippen LogP contribution in [0, 0.1) is 0 Å². The minimum Gasteiger partial charge on any atom is -0.397 e. The Bertz CT molecular complexity index is 300. The molecule has 0 radical (unpaired) electrons. The summed E-state index contributed by atoms with van der Waals surface area (Å²) < 4.78 is 0. The van der Waals surface area contributed by atoms with Crippen molar-refractivity contribution in [1.29, 1.82) is 0 Å². The molecule has 1 amide bonds. The molecule has 0 atom stereocenters. The summed E-state index contributed by atoms with van der Waals surface area (Å²) in [6, 6.07) is 1.49. The Hall–Kier alpha value is -1.29. The Morgan fingerprint density at radius 2 is 2.27 bits per heavy atom. The molecule has 1 heterocycles. The fourth-order valence-electron chi connectivity index (χ4n) is 0.630. The first-order chi connectivity index (χ1) is 5.13. The van der Waals surface area contributed by atoms with Crippen LogP contribution in [0.4, 0.5) is 5.69 Å². The number of anilines is 1. The van der Waals surface area contributed by atoms with Crippen LogP contribution in [0.25, 0.3) is 0 Å². The van der Waals surface area contributed by atoms with Gasteiger partial charge in [0.05, 0.1) is 10.7 Å². The van der Waals surface area contributed by atoms with Crippen LogP contribution >= 0.6 is 11.6 Å². The first-order valence-electron chi connectivity index (χ1n) is 2.82. The van der Waals surface area contributed by atoms with E-state index in [1.165, 1.54) is 12.3 Å². The fourth-order valence-corrected chi connectivity index (χ4v) is 0.835. The molecule has 0 aromatic carbocycles. The van der Waals surface area contributed by atoms with Crippen LogP contribution in [0.5, 0.6) is 0 Å². The molecule has 0 bridgehead atoms. The molecule has 58 valence electrons. The first-order valence-corrected chi connectivity index (χ1v) is 3.20. The van der Waals surface area contributed by atoms with E-state index in [1.807, 2.05) is 0 Å². The molecular formula is C6H6ClN3O. The lowest BCUT2D eigenvalue weighted by molar-refractivity contribution is 0.0996. The van der Waals surface area contributed by atoms with Crippen LogP contribution in [-0.2, 0) is 0 Å². The van der Waals surface area contributed by atoms with Gasteiger partial charge in [-0.3, -0.25) is 4.79 Å². The average molecular weight is 172 g/mol. The van der Waals surface area contributed by atoms with Crippen molar-refractivity contribution in [3.8, 4) is 0 Å². The van der Waals surface area contributed by atoms with Gasteiger partial charge in [0.1, 0.15) is 5.69 Å². The predicted molar refractivity (Wildman–Crippen MR) is 42.2 cm³/mol. The van der Waals surface area contributed by atoms with E-state index in [1.54, 1.807) is 0 Å². The largest absolute Gasteiger partial charge is 0.397 e. The molecule has 0 aliphatic carbocycles. The zero-order chi connectivity index (χ0) is 8.43. The normalized spacial score (nSPS) is 9.55. The number of hydrogen-bond acceptors (Lipinski definition) is 3. The van der Waals surface area contributed by atoms with E-state index >= 15 is 0 Å². The number of aromatic nitrogens is 1. The van der Waals surface area contributed by atoms with Gasteiger partial charge >= 0.3 is 0 Å². The Kier molecular flexibility index (Phi) is 1.96. The summed E-state index contributed by atoms with van der Waals surface area (Å²) in [7, 11) is 0. The van der Waals surface area contributed by atoms with Crippen LogP contribution in [0.1, 0.15) is 10.5 Å². The van der Waals surface area contributed by atoms with Gasteiger partial charge in [0.15, 0.2) is 0 Å². The van der Waals surface area contributed by atoms with Gasteiger partial charge in [-0.1, -0.05) is 11.6 Å². The third-order valence-corrected chi connectivity index (χ3v) is 1.55. The number of carbonyl (C=O) groups excluding carboxylic acids is 1. The molecule has 0 fully saturated rings. The molecule has 4 N–H and O–H groups in total. The lowest BCUT2D eigenvalue weighted by Gasteiger charge is -1.99. The van der Waals surface area contributed by atoms with E-state index in [9.17, 15) is 4.79 Å². The number of primary amides is 1. The summed E-state index contributed by atoms with van der Waals surface area (Å²) in [5, 5.41) is 0.111. The Labute approximate surface area is 68.2 Å². The van der Waals surface area contributed by atoms with Crippen molar-refractivity contribution in [1.82, 2.24) is 4.98 Å². The molecule has 0 unspecified atom stereocenters. The SMILES string of the molecule is NC(=O)c1nccc(N)c1Cl. The van der Waals surface area contributed by atoms with E-state index in [-0.39, 0.29) is 10.7 Å². The van der Waals surface area contributed by atoms with E-state index in [4.69, 9.17) is 23.1 Å². The summed E-state index contributed by atoms with van der Waals surface area (Å²) >= 11 is 5.60. The second kappa shape index (κ2) is 2.75. The zero-order valence-corrected chi connectivity index (χ0v) is 6.30. The summed E-state index contributed by atoms with van der Waals surface area (Å²) in [4.78, 5) is 14.2. The smallest absolute Gasteiger partial charge is 0.268 e. The number of hydrogen-bond donors (Lipinski definition) is 2. The maximum Gasteiger partial charge on any atom is 0.268 e. The van der Waals surface area contributed by atoms with E-state index in [0.717, 1.165) is 0 Å². The summed E-state index contributed by atoms with van der Waals surface area (Å²) in [5.74, 6) is -0.678. The van der Waals surface area contributed by atoms with Crippen LogP contribution in [-0.4, -0.2) is 10.9 Å². The fraction of sp³-hybridized carbons (Fsp3) is 0. The molecule has 1 aromatic rings. The highest BCUT2D eigenvalue weighted by Crippen LogP contribution is 2.19. The van der Waals surface area contributed by atoms with Crippen molar-refractivity contribution < 1.29 is 4.79 Å². The number of carbonyl (C=O) groups is 1. The van der Waals surface area contributed by atoms with Gasteiger partial charge in [-0.15, -0.1) is 0 Å². The Balaban J connectivity index is 3.27. The molecule has 0 saturated carbocycles. The van der Waals surface area contributed by atoms with Crippen LogP contribution in [0.3, 0.4) is 0 Å². The van der Waals surface area contributed by atoms with Gasteiger partial charge in [-0.2, -0.15) is 0 Å². The van der Waals surface area contributed by atoms with Gasteiger partial charge in [-0.05, 0) is 6.07 Å². The lowest BCUT2D eigenvalue weighted by Crippen LogP contribution is -2.14. The van der Waals surface area contributed by atoms with Gasteiger partial charge in [-0.25, -0.2) is 4.98 Å². The molecule has 1 aromatic heterocycles. The number of nitrogens with two attached hydrogens (primary N) is 2. The standard InChI is InChI=1S/C6H6ClN3O/c7-4-3(8)1-2-10-5(4)6(9)11/h1-2H,(H2,8,10)(H2,9,11). The minimum absolute atomic E-state index is 0.00617. The van der Waals surface area contributed by atoms with E-state index in [2.05, 4.69) is 4.98 Å². The van der Waals surface area contributed by atoms with Crippen LogP contribution in [0.15, 0.2) is 12.3 Å². The maximum atomic E-state index is 10.6. The topological polar surface area (TPSA) is 82.0 Å². The molecule has 4 nitrogen and oxygen atoms in total. The summed E-state index contributed by atoms with van der Waals surface area (Å²) in [5.41, 5.74) is 10.6. The number of rotatable bonds is 1. The summed E-state index contributed by atoms with van der Waals surface area (Å²) in [6.45, 7) is 0. The van der Waals surface area contributed by atoms with Crippen molar-refractivity contribution in [3.05, 3.63) is 23.0 Å². The van der Waals surface area contributed by atoms with Crippen molar-refractivity contribution >= 4 is 23.2 Å². The van der Waals surface area contributed by atoms with Crippen molar-refractivity contribution in [2.75, 3.05) is 5.73 Å². The molecule has 0 aliphatic heterocycles. The highest BCUT2D eigenvalue weighted by Gasteiger charge is 2.09. The maximum absolute atomic E-state index is 10.6. The molecule has 5 heteroatoms. The third-order valence-electron chi connectivity index (χ3n) is 1.15. The highest BCUT2D eigenvalue weighted by molar-refractivity contribution is 6.35. The van der Waals surface area contributed by atoms with Gasteiger partial charge < -0.3 is 11.5 Å². The molecule has 0 saturated heterocycles. The Morgan fingerprint density at radius 3 is 2.73 bits per heavy atom. The number of amides is 1. The van der Waals surface area contributed by atoms with Gasteiger partial charge in [0.2, 0.25) is 0 Å². The quantitative estimate of drug-likeness (QED) is 0.642. The predicted octanol–water partition coefficient (Wildman–Crippen LogP) is 0.416. The molecule has 11 heavy (non-hydrogen) atoms. The van der Waals surface area contributed by atoms with Gasteiger partial charge in [0.25, 0.3) is 5.91 Å². The average Bonchev–Trinajstić information content (AvgIpc) is 1.94. The molecule has 1 rings (SSSR count). The molecule has 0 spiro atoms. The summed E-state index contributed by atoms with van der Waals surface area (Å²) in [6.07, 6.45) is 1.38. The monoisotopic (exact) mass is 171 g/mol. The van der Waals surface area contributed by atoms with Crippen molar-refractivity contribution in [2.24, 2.45) is 5.73 Å². The molecular weight excluding hydrogens is 166 g/mol. The molecule has 0 aliphatic rings. The number of halogens is 1. The Morgan fingerprint density at radius 1 is 1.64 bits per heavy atom. The second-order valence-corrected chi connectivity index (χ2v) is 2.30. The van der Waals surface area contributed by atoms with Crippen molar-refractivity contribution in [3.63, 3.8) is 0 Å². The van der Waals surface area contributed by atoms with Crippen molar-refractivity contribution in [2.45, 2.75) is 0 Å². The second-order valence-electron chi connectivity index (χ2n) is 1.93. The zero-order valence-electron chi connectivity index (χ0n) is 5.54.